The van der Waals surface area contributed by atoms with Crippen molar-refractivity contribution in [2.75, 3.05) is 6.61 Å². The summed E-state index contributed by atoms with van der Waals surface area (Å²) in [6.45, 7) is 6.44. The predicted molar refractivity (Wildman–Crippen MR) is 259 cm³/mol. The molecule has 0 spiro atoms. The summed E-state index contributed by atoms with van der Waals surface area (Å²) in [5.41, 5.74) is 0. The average molecular weight is 844 g/mol. The summed E-state index contributed by atoms with van der Waals surface area (Å²) in [5, 5.41) is 23.8. The molecular formula is C54H101NO5. The van der Waals surface area contributed by atoms with E-state index < -0.39 is 18.2 Å². The lowest BCUT2D eigenvalue weighted by Crippen LogP contribution is -2.46. The van der Waals surface area contributed by atoms with E-state index in [1.165, 1.54) is 161 Å². The maximum Gasteiger partial charge on any atom is 0.306 e. The summed E-state index contributed by atoms with van der Waals surface area (Å²) >= 11 is 0. The van der Waals surface area contributed by atoms with E-state index in [4.69, 9.17) is 4.74 Å². The molecule has 0 radical (unpaired) electrons. The van der Waals surface area contributed by atoms with E-state index in [1.807, 2.05) is 0 Å². The van der Waals surface area contributed by atoms with Crippen molar-refractivity contribution in [3.63, 3.8) is 0 Å². The van der Waals surface area contributed by atoms with Crippen LogP contribution in [0, 0.1) is 0 Å². The summed E-state index contributed by atoms with van der Waals surface area (Å²) in [4.78, 5) is 26.1. The van der Waals surface area contributed by atoms with Crippen molar-refractivity contribution in [2.24, 2.45) is 0 Å². The molecular weight excluding hydrogens is 743 g/mol. The molecule has 0 aromatic rings. The van der Waals surface area contributed by atoms with Gasteiger partial charge in [0, 0.05) is 6.42 Å². The highest BCUT2D eigenvalue weighted by Crippen LogP contribution is 2.17. The second kappa shape index (κ2) is 48.1. The number of aliphatic hydroxyl groups excluding tert-OH is 2. The van der Waals surface area contributed by atoms with Crippen LogP contribution in [0.1, 0.15) is 271 Å². The Balaban J connectivity index is 4.58. The molecule has 0 rings (SSSR count). The third-order valence-electron chi connectivity index (χ3n) is 12.0. The zero-order chi connectivity index (χ0) is 43.8. The topological polar surface area (TPSA) is 95.9 Å². The molecule has 0 bridgehead atoms. The Kier molecular flexibility index (Phi) is 46.6. The van der Waals surface area contributed by atoms with Gasteiger partial charge in [-0.25, -0.2) is 0 Å². The molecule has 0 aliphatic carbocycles. The van der Waals surface area contributed by atoms with Crippen LogP contribution < -0.4 is 5.32 Å². The van der Waals surface area contributed by atoms with Gasteiger partial charge in [0.1, 0.15) is 6.10 Å². The van der Waals surface area contributed by atoms with Crippen molar-refractivity contribution in [3.05, 3.63) is 36.5 Å². The molecule has 0 saturated heterocycles. The quantitative estimate of drug-likeness (QED) is 0.0245. The van der Waals surface area contributed by atoms with Gasteiger partial charge in [-0.3, -0.25) is 9.59 Å². The summed E-state index contributed by atoms with van der Waals surface area (Å²) < 4.78 is 5.89. The first kappa shape index (κ1) is 58.1. The minimum absolute atomic E-state index is 0.0435. The lowest BCUT2D eigenvalue weighted by molar-refractivity contribution is -0.151. The molecule has 352 valence electrons. The zero-order valence-electron chi connectivity index (χ0n) is 40.1. The Morgan fingerprint density at radius 1 is 0.483 bits per heavy atom. The number of nitrogens with one attached hydrogen (secondary N) is 1. The molecule has 0 fully saturated rings. The Bertz CT molecular complexity index is 993. The minimum Gasteiger partial charge on any atom is -0.462 e. The third kappa shape index (κ3) is 42.8. The molecule has 3 N–H and O–H groups in total. The first-order valence-electron chi connectivity index (χ1n) is 26.2. The van der Waals surface area contributed by atoms with Crippen molar-refractivity contribution in [3.8, 4) is 0 Å². The number of unbranched alkanes of at least 4 members (excludes halogenated alkanes) is 30. The van der Waals surface area contributed by atoms with Gasteiger partial charge in [-0.1, -0.05) is 231 Å². The molecule has 60 heavy (non-hydrogen) atoms. The fourth-order valence-corrected chi connectivity index (χ4v) is 7.94. The maximum absolute atomic E-state index is 13.2. The summed E-state index contributed by atoms with van der Waals surface area (Å²) in [6, 6.07) is -0.715. The number of rotatable bonds is 47. The molecule has 0 aromatic carbocycles. The molecule has 6 heteroatoms. The van der Waals surface area contributed by atoms with E-state index in [0.29, 0.717) is 19.3 Å². The van der Waals surface area contributed by atoms with Crippen molar-refractivity contribution in [1.29, 1.82) is 0 Å². The first-order valence-corrected chi connectivity index (χ1v) is 26.2. The number of esters is 1. The van der Waals surface area contributed by atoms with Gasteiger partial charge in [0.15, 0.2) is 0 Å². The van der Waals surface area contributed by atoms with Crippen LogP contribution in [0.5, 0.6) is 0 Å². The normalized spacial score (nSPS) is 13.5. The molecule has 0 heterocycles. The summed E-state index contributed by atoms with van der Waals surface area (Å²) in [5.74, 6) is -0.525. The van der Waals surface area contributed by atoms with Crippen molar-refractivity contribution >= 4 is 11.9 Å². The van der Waals surface area contributed by atoms with Crippen molar-refractivity contribution in [2.45, 2.75) is 289 Å². The van der Waals surface area contributed by atoms with Crippen LogP contribution in [0.15, 0.2) is 36.5 Å². The predicted octanol–water partition coefficient (Wildman–Crippen LogP) is 15.7. The van der Waals surface area contributed by atoms with Crippen molar-refractivity contribution in [1.82, 2.24) is 5.32 Å². The van der Waals surface area contributed by atoms with Gasteiger partial charge in [-0.2, -0.15) is 0 Å². The number of hydrogen-bond donors (Lipinski definition) is 3. The van der Waals surface area contributed by atoms with Gasteiger partial charge in [0.05, 0.1) is 25.2 Å². The van der Waals surface area contributed by atoms with E-state index in [0.717, 1.165) is 64.2 Å². The highest BCUT2D eigenvalue weighted by molar-refractivity contribution is 5.77. The second-order valence-electron chi connectivity index (χ2n) is 17.9. The third-order valence-corrected chi connectivity index (χ3v) is 12.0. The molecule has 3 unspecified atom stereocenters. The number of aliphatic hydroxyl groups is 2. The van der Waals surface area contributed by atoms with Gasteiger partial charge in [0.2, 0.25) is 5.91 Å². The fraction of sp³-hybridized carbons (Fsp3) is 0.852. The number of ether oxygens (including phenoxy) is 1. The number of hydrogen-bond acceptors (Lipinski definition) is 5. The van der Waals surface area contributed by atoms with Crippen LogP contribution in [0.3, 0.4) is 0 Å². The van der Waals surface area contributed by atoms with Gasteiger partial charge in [0.25, 0.3) is 0 Å². The van der Waals surface area contributed by atoms with Crippen molar-refractivity contribution < 1.29 is 24.5 Å². The highest BCUT2D eigenvalue weighted by atomic mass is 16.5. The number of carbonyl (C=O) groups excluding carboxylic acids is 2. The van der Waals surface area contributed by atoms with E-state index in [9.17, 15) is 19.8 Å². The summed E-state index contributed by atoms with van der Waals surface area (Å²) in [6.07, 6.45) is 56.4. The molecule has 3 atom stereocenters. The molecule has 0 aliphatic rings. The van der Waals surface area contributed by atoms with Crippen LogP contribution in [-0.2, 0) is 14.3 Å². The highest BCUT2D eigenvalue weighted by Gasteiger charge is 2.24. The first-order chi connectivity index (χ1) is 29.5. The smallest absolute Gasteiger partial charge is 0.306 e. The molecule has 6 nitrogen and oxygen atoms in total. The van der Waals surface area contributed by atoms with Crippen LogP contribution in [0.4, 0.5) is 0 Å². The fourth-order valence-electron chi connectivity index (χ4n) is 7.94. The van der Waals surface area contributed by atoms with Crippen LogP contribution in [-0.4, -0.2) is 46.9 Å². The van der Waals surface area contributed by atoms with Gasteiger partial charge in [-0.05, 0) is 64.2 Å². The Labute approximate surface area is 373 Å². The van der Waals surface area contributed by atoms with Gasteiger partial charge >= 0.3 is 5.97 Å². The van der Waals surface area contributed by atoms with E-state index in [1.54, 1.807) is 0 Å². The number of carbonyl (C=O) groups is 2. The van der Waals surface area contributed by atoms with Gasteiger partial charge < -0.3 is 20.3 Å². The molecule has 1 amide bonds. The van der Waals surface area contributed by atoms with E-state index in [-0.39, 0.29) is 24.9 Å². The van der Waals surface area contributed by atoms with Crippen LogP contribution in [0.2, 0.25) is 0 Å². The Morgan fingerprint density at radius 2 is 0.883 bits per heavy atom. The molecule has 0 aromatic heterocycles. The van der Waals surface area contributed by atoms with Crippen LogP contribution >= 0.6 is 0 Å². The maximum atomic E-state index is 13.2. The molecule has 0 saturated carbocycles. The van der Waals surface area contributed by atoms with E-state index >= 15 is 0 Å². The Morgan fingerprint density at radius 3 is 1.37 bits per heavy atom. The minimum atomic E-state index is -0.798. The van der Waals surface area contributed by atoms with Crippen LogP contribution in [0.25, 0.3) is 0 Å². The summed E-state index contributed by atoms with van der Waals surface area (Å²) in [7, 11) is 0. The monoisotopic (exact) mass is 844 g/mol. The zero-order valence-corrected chi connectivity index (χ0v) is 40.1. The standard InChI is InChI=1S/C54H101NO5/c1-4-7-10-13-16-19-22-24-26-27-29-32-34-37-40-43-46-52(57)51(49-56)55-53(58)48-50(45-42-39-36-33-31-28-25-23-20-17-14-11-8-5-2)60-54(59)47-44-41-38-35-30-21-18-15-12-9-6-3/h15,18,28,31,33,36,50-52,56-57H,4-14,16-17,19-27,29-30,32,34-35,37-49H2,1-3H3,(H,55,58)/b18-15-,31-28+,36-33+. The Hall–Kier alpha value is -1.92. The average Bonchev–Trinajstić information content (AvgIpc) is 3.24. The second-order valence-corrected chi connectivity index (χ2v) is 17.9. The lowest BCUT2D eigenvalue weighted by atomic mass is 10.0. The molecule has 0 aliphatic heterocycles. The SMILES string of the molecule is CCCC/C=C\CCCCCCCC(=O)OC(CCC/C=C/C=C/CCCCCCCCC)CC(=O)NC(CO)C(O)CCCCCCCCCCCCCCCCCC. The number of allylic oxidation sites excluding steroid dienone is 6. The number of amides is 1. The largest absolute Gasteiger partial charge is 0.462 e. The lowest BCUT2D eigenvalue weighted by Gasteiger charge is -2.24. The van der Waals surface area contributed by atoms with Gasteiger partial charge in [-0.15, -0.1) is 0 Å². The van der Waals surface area contributed by atoms with E-state index in [2.05, 4.69) is 62.5 Å².